The van der Waals surface area contributed by atoms with Gasteiger partial charge < -0.3 is 4.74 Å². The van der Waals surface area contributed by atoms with E-state index in [1.807, 2.05) is 36.0 Å². The molecule has 10 rings (SSSR count). The van der Waals surface area contributed by atoms with Gasteiger partial charge >= 0.3 is 0 Å². The van der Waals surface area contributed by atoms with Gasteiger partial charge in [0.1, 0.15) is 17.8 Å². The highest BCUT2D eigenvalue weighted by molar-refractivity contribution is 8.00. The Bertz CT molecular complexity index is 2770. The van der Waals surface area contributed by atoms with Crippen LogP contribution in [-0.4, -0.2) is 19.8 Å². The Balaban J connectivity index is 1.01. The Kier molecular flexibility index (Phi) is 9.12. The molecule has 1 aliphatic carbocycles. The Hall–Kier alpha value is -6.50. The summed E-state index contributed by atoms with van der Waals surface area (Å²) in [5.41, 5.74) is 13.3. The summed E-state index contributed by atoms with van der Waals surface area (Å²) < 4.78 is 11.0. The smallest absolute Gasteiger partial charge is 0.269 e. The van der Waals surface area contributed by atoms with Crippen LogP contribution in [0.5, 0.6) is 11.5 Å². The van der Waals surface area contributed by atoms with Crippen LogP contribution in [0.25, 0.3) is 55.9 Å². The van der Waals surface area contributed by atoms with Crippen LogP contribution in [0.15, 0.2) is 187 Å². The van der Waals surface area contributed by atoms with E-state index in [-0.39, 0.29) is 5.92 Å². The van der Waals surface area contributed by atoms with E-state index in [4.69, 9.17) is 14.7 Å². The number of aromatic nitrogens is 4. The van der Waals surface area contributed by atoms with Gasteiger partial charge in [-0.2, -0.15) is 0 Å². The van der Waals surface area contributed by atoms with E-state index in [9.17, 15) is 0 Å². The van der Waals surface area contributed by atoms with Crippen LogP contribution in [0.4, 0.5) is 0 Å². The van der Waals surface area contributed by atoms with Crippen molar-refractivity contribution in [1.29, 1.82) is 0 Å². The van der Waals surface area contributed by atoms with E-state index in [0.717, 1.165) is 79.5 Å². The van der Waals surface area contributed by atoms with Crippen LogP contribution in [-0.2, 0) is 0 Å². The molecule has 0 radical (unpaired) electrons. The van der Waals surface area contributed by atoms with Crippen molar-refractivity contribution >= 4 is 22.8 Å². The Morgan fingerprint density at radius 3 is 2.14 bits per heavy atom. The van der Waals surface area contributed by atoms with Gasteiger partial charge in [0.2, 0.25) is 0 Å². The standard InChI is InChI=1S/C51H40N4OS/c1-34(2)29-38-20-12-26-44-48-51(57-50(38)44)47(52-32-53-48)37-19-11-22-40(30-37)56-41-23-13-21-39(31-41)54-33-55(46-28-10-9-27-45(46)54)49-42(35-15-5-3-6-16-35)24-14-25-43(49)36-17-7-4-8-18-36/h3-28,30-32,34,44,50H,29H2,1-2H3. The molecule has 6 aromatic carbocycles. The van der Waals surface area contributed by atoms with Gasteiger partial charge in [0.15, 0.2) is 0 Å². The molecule has 0 saturated heterocycles. The molecule has 0 bridgehead atoms. The van der Waals surface area contributed by atoms with E-state index >= 15 is 0 Å². The molecule has 0 saturated carbocycles. The van der Waals surface area contributed by atoms with Gasteiger partial charge in [-0.15, -0.1) is 11.8 Å². The van der Waals surface area contributed by atoms with E-state index in [1.54, 1.807) is 6.33 Å². The molecular formula is C51H40N4OS. The maximum atomic E-state index is 6.63. The van der Waals surface area contributed by atoms with Crippen molar-refractivity contribution < 1.29 is 9.30 Å². The molecular weight excluding hydrogens is 717 g/mol. The average Bonchev–Trinajstić information content (AvgIpc) is 3.84. The van der Waals surface area contributed by atoms with Crippen molar-refractivity contribution in [3.05, 3.63) is 194 Å². The van der Waals surface area contributed by atoms with Gasteiger partial charge in [-0.3, -0.25) is 9.13 Å². The molecule has 0 spiro atoms. The van der Waals surface area contributed by atoms with E-state index < -0.39 is 0 Å². The third kappa shape index (κ3) is 6.56. The van der Waals surface area contributed by atoms with Crippen molar-refractivity contribution in [3.63, 3.8) is 0 Å². The van der Waals surface area contributed by atoms with E-state index in [0.29, 0.717) is 11.2 Å². The number of hydrogen-bond acceptors (Lipinski definition) is 4. The molecule has 276 valence electrons. The largest absolute Gasteiger partial charge is 0.458 e. The quantitative estimate of drug-likeness (QED) is 0.109. The number of rotatable bonds is 9. The Labute approximate surface area is 337 Å². The van der Waals surface area contributed by atoms with Crippen molar-refractivity contribution in [2.24, 2.45) is 5.92 Å². The highest BCUT2D eigenvalue weighted by Crippen LogP contribution is 2.53. The summed E-state index contributed by atoms with van der Waals surface area (Å²) in [7, 11) is 0. The second-order valence-electron chi connectivity index (χ2n) is 15.0. The minimum atomic E-state index is 0.268. The molecule has 0 fully saturated rings. The first-order chi connectivity index (χ1) is 28.1. The molecule has 2 aliphatic rings. The van der Waals surface area contributed by atoms with Crippen LogP contribution >= 0.6 is 11.8 Å². The highest BCUT2D eigenvalue weighted by atomic mass is 32.2. The van der Waals surface area contributed by atoms with Crippen LogP contribution < -0.4 is 9.30 Å². The lowest BCUT2D eigenvalue weighted by atomic mass is 9.87. The second-order valence-corrected chi connectivity index (χ2v) is 16.2. The number of hydrogen-bond donors (Lipinski definition) is 0. The molecule has 2 unspecified atom stereocenters. The SMILES string of the molecule is CC(C)CC1=CC=CC2c3ncnc(-c4cccc(Oc5cccc(-n6[c-][n+](-c7c(-c8ccccc8)cccc7-c7ccccc7)c7ccccc76)c5)c4)c3SC12. The van der Waals surface area contributed by atoms with Crippen molar-refractivity contribution in [3.8, 4) is 56.4 Å². The number of ether oxygens (including phenoxy) is 1. The zero-order chi connectivity index (χ0) is 38.3. The van der Waals surface area contributed by atoms with Crippen molar-refractivity contribution in [2.45, 2.75) is 36.3 Å². The monoisotopic (exact) mass is 756 g/mol. The summed E-state index contributed by atoms with van der Waals surface area (Å²) in [4.78, 5) is 10.8. The maximum absolute atomic E-state index is 6.63. The van der Waals surface area contributed by atoms with Crippen LogP contribution in [0.1, 0.15) is 31.9 Å². The molecule has 2 atom stereocenters. The Morgan fingerprint density at radius 1 is 0.719 bits per heavy atom. The first-order valence-electron chi connectivity index (χ1n) is 19.6. The fraction of sp³-hybridized carbons (Fsp3) is 0.118. The highest BCUT2D eigenvalue weighted by Gasteiger charge is 2.38. The van der Waals surface area contributed by atoms with E-state index in [1.165, 1.54) is 10.5 Å². The number of thioether (sulfide) groups is 1. The Morgan fingerprint density at radius 2 is 1.39 bits per heavy atom. The molecule has 57 heavy (non-hydrogen) atoms. The molecule has 6 heteroatoms. The number of imidazole rings is 1. The zero-order valence-corrected chi connectivity index (χ0v) is 32.6. The summed E-state index contributed by atoms with van der Waals surface area (Å²) in [6, 6.07) is 52.7. The third-order valence-corrected chi connectivity index (χ3v) is 12.3. The molecule has 0 N–H and O–H groups in total. The topological polar surface area (TPSA) is 43.8 Å². The lowest BCUT2D eigenvalue weighted by molar-refractivity contribution is -0.571. The second kappa shape index (κ2) is 14.9. The van der Waals surface area contributed by atoms with Gasteiger partial charge in [-0.05, 0) is 64.9 Å². The fourth-order valence-electron chi connectivity index (χ4n) is 8.27. The minimum Gasteiger partial charge on any atom is -0.458 e. The predicted molar refractivity (Wildman–Crippen MR) is 231 cm³/mol. The minimum absolute atomic E-state index is 0.268. The lowest BCUT2D eigenvalue weighted by Gasteiger charge is -2.23. The number of fused-ring (bicyclic) bond motifs is 4. The van der Waals surface area contributed by atoms with Crippen LogP contribution in [0.3, 0.4) is 0 Å². The lowest BCUT2D eigenvalue weighted by Crippen LogP contribution is -2.31. The van der Waals surface area contributed by atoms with Gasteiger partial charge in [0.25, 0.3) is 6.33 Å². The number of allylic oxidation sites excluding steroid dienone is 3. The molecule has 2 aromatic heterocycles. The fourth-order valence-corrected chi connectivity index (χ4v) is 9.81. The van der Waals surface area contributed by atoms with Gasteiger partial charge in [0.05, 0.1) is 38.7 Å². The first-order valence-corrected chi connectivity index (χ1v) is 20.4. The number of nitrogens with zero attached hydrogens (tertiary/aromatic N) is 4. The normalized spacial score (nSPS) is 15.7. The van der Waals surface area contributed by atoms with Gasteiger partial charge in [0, 0.05) is 16.7 Å². The van der Waals surface area contributed by atoms with Crippen molar-refractivity contribution in [1.82, 2.24) is 14.5 Å². The summed E-state index contributed by atoms with van der Waals surface area (Å²) in [6.45, 7) is 4.58. The van der Waals surface area contributed by atoms with Crippen LogP contribution in [0.2, 0.25) is 0 Å². The maximum Gasteiger partial charge on any atom is 0.269 e. The zero-order valence-electron chi connectivity index (χ0n) is 31.8. The van der Waals surface area contributed by atoms with Gasteiger partial charge in [-0.1, -0.05) is 159 Å². The number of benzene rings is 6. The van der Waals surface area contributed by atoms with Gasteiger partial charge in [-0.25, -0.2) is 9.97 Å². The molecule has 0 amide bonds. The molecule has 1 aliphatic heterocycles. The van der Waals surface area contributed by atoms with Crippen molar-refractivity contribution in [2.75, 3.05) is 0 Å². The molecule has 3 heterocycles. The summed E-state index contributed by atoms with van der Waals surface area (Å²) in [5.74, 6) is 2.35. The van der Waals surface area contributed by atoms with Crippen LogP contribution in [0, 0.1) is 12.2 Å². The summed E-state index contributed by atoms with van der Waals surface area (Å²) in [5, 5.41) is 0.363. The summed E-state index contributed by atoms with van der Waals surface area (Å²) >= 11 is 1.91. The predicted octanol–water partition coefficient (Wildman–Crippen LogP) is 12.4. The number of para-hydroxylation sites is 3. The third-order valence-electron chi connectivity index (χ3n) is 10.8. The summed E-state index contributed by atoms with van der Waals surface area (Å²) in [6.07, 6.45) is 13.4. The molecule has 5 nitrogen and oxygen atoms in total. The average molecular weight is 757 g/mol. The first kappa shape index (κ1) is 35.0. The van der Waals surface area contributed by atoms with E-state index in [2.05, 4.69) is 175 Å². The molecule has 8 aromatic rings.